The molecule has 90 valence electrons. The second-order valence-electron chi connectivity index (χ2n) is 3.27. The predicted octanol–water partition coefficient (Wildman–Crippen LogP) is 2.81. The highest BCUT2D eigenvalue weighted by molar-refractivity contribution is 9.10. The van der Waals surface area contributed by atoms with E-state index < -0.39 is 0 Å². The molecule has 0 saturated heterocycles. The van der Waals surface area contributed by atoms with E-state index in [-0.39, 0.29) is 6.29 Å². The quantitative estimate of drug-likeness (QED) is 0.820. The molecule has 5 heteroatoms. The molecule has 0 bridgehead atoms. The van der Waals surface area contributed by atoms with Gasteiger partial charge in [-0.25, -0.2) is 0 Å². The van der Waals surface area contributed by atoms with Gasteiger partial charge in [0.25, 0.3) is 0 Å². The van der Waals surface area contributed by atoms with Crippen molar-refractivity contribution >= 4 is 27.5 Å². The van der Waals surface area contributed by atoms with Crippen molar-refractivity contribution in [3.8, 4) is 0 Å². The van der Waals surface area contributed by atoms with Gasteiger partial charge in [-0.3, -0.25) is 0 Å². The van der Waals surface area contributed by atoms with Crippen LogP contribution in [0, 0.1) is 0 Å². The molecule has 0 unspecified atom stereocenters. The number of halogens is 2. The highest BCUT2D eigenvalue weighted by Crippen LogP contribution is 2.21. The average Bonchev–Trinajstić information content (AvgIpc) is 2.27. The zero-order valence-electron chi connectivity index (χ0n) is 9.30. The van der Waals surface area contributed by atoms with Gasteiger partial charge in [0.15, 0.2) is 6.29 Å². The molecule has 0 atom stereocenters. The Morgan fingerprint density at radius 3 is 2.62 bits per heavy atom. The second kappa shape index (κ2) is 7.25. The van der Waals surface area contributed by atoms with Crippen LogP contribution in [0.2, 0.25) is 5.02 Å². The molecule has 0 spiro atoms. The van der Waals surface area contributed by atoms with Crippen molar-refractivity contribution in [2.24, 2.45) is 0 Å². The molecule has 0 aliphatic rings. The first kappa shape index (κ1) is 13.9. The highest BCUT2D eigenvalue weighted by atomic mass is 79.9. The molecule has 1 aromatic carbocycles. The molecule has 16 heavy (non-hydrogen) atoms. The summed E-state index contributed by atoms with van der Waals surface area (Å²) >= 11 is 9.32. The lowest BCUT2D eigenvalue weighted by molar-refractivity contribution is -0.0989. The maximum atomic E-state index is 5.86. The molecule has 0 saturated carbocycles. The lowest BCUT2D eigenvalue weighted by Gasteiger charge is -2.14. The molecule has 1 rings (SSSR count). The average molecular weight is 309 g/mol. The Morgan fingerprint density at radius 1 is 1.38 bits per heavy atom. The predicted molar refractivity (Wildman–Crippen MR) is 68.7 cm³/mol. The van der Waals surface area contributed by atoms with Crippen LogP contribution in [0.1, 0.15) is 5.56 Å². The Morgan fingerprint density at radius 2 is 2.06 bits per heavy atom. The summed E-state index contributed by atoms with van der Waals surface area (Å²) in [6.07, 6.45) is -0.217. The maximum Gasteiger partial charge on any atom is 0.169 e. The minimum absolute atomic E-state index is 0.217. The van der Waals surface area contributed by atoms with E-state index in [0.29, 0.717) is 6.54 Å². The van der Waals surface area contributed by atoms with Gasteiger partial charge in [-0.2, -0.15) is 0 Å². The van der Waals surface area contributed by atoms with E-state index in [9.17, 15) is 0 Å². The van der Waals surface area contributed by atoms with Gasteiger partial charge in [-0.05, 0) is 17.7 Å². The SMILES string of the molecule is COC(CNCc1ccc(Cl)cc1Br)OC. The van der Waals surface area contributed by atoms with Crippen LogP contribution in [0.4, 0.5) is 0 Å². The summed E-state index contributed by atoms with van der Waals surface area (Å²) < 4.78 is 11.1. The third-order valence-electron chi connectivity index (χ3n) is 2.17. The van der Waals surface area contributed by atoms with Gasteiger partial charge >= 0.3 is 0 Å². The molecule has 1 aromatic rings. The van der Waals surface area contributed by atoms with E-state index in [1.54, 1.807) is 14.2 Å². The van der Waals surface area contributed by atoms with Gasteiger partial charge < -0.3 is 14.8 Å². The van der Waals surface area contributed by atoms with E-state index in [1.807, 2.05) is 18.2 Å². The number of nitrogens with one attached hydrogen (secondary N) is 1. The topological polar surface area (TPSA) is 30.5 Å². The molecular weight excluding hydrogens is 293 g/mol. The molecule has 1 N–H and O–H groups in total. The van der Waals surface area contributed by atoms with Gasteiger partial charge in [0, 0.05) is 36.8 Å². The lowest BCUT2D eigenvalue weighted by Crippen LogP contribution is -2.29. The normalized spacial score (nSPS) is 11.1. The lowest BCUT2D eigenvalue weighted by atomic mass is 10.2. The molecule has 0 amide bonds. The third kappa shape index (κ3) is 4.39. The Labute approximate surface area is 109 Å². The molecular formula is C11H15BrClNO2. The van der Waals surface area contributed by atoms with Gasteiger partial charge in [0.05, 0.1) is 0 Å². The molecule has 0 radical (unpaired) electrons. The summed E-state index contributed by atoms with van der Waals surface area (Å²) in [6.45, 7) is 1.38. The Bertz CT molecular complexity index is 332. The largest absolute Gasteiger partial charge is 0.355 e. The van der Waals surface area contributed by atoms with Crippen molar-refractivity contribution in [3.63, 3.8) is 0 Å². The first-order valence-corrected chi connectivity index (χ1v) is 6.04. The summed E-state index contributed by atoms with van der Waals surface area (Å²) in [5, 5.41) is 3.97. The smallest absolute Gasteiger partial charge is 0.169 e. The van der Waals surface area contributed by atoms with Gasteiger partial charge in [-0.1, -0.05) is 33.6 Å². The molecule has 0 aliphatic carbocycles. The minimum atomic E-state index is -0.217. The summed E-state index contributed by atoms with van der Waals surface area (Å²) in [5.74, 6) is 0. The number of methoxy groups -OCH3 is 2. The fraction of sp³-hybridized carbons (Fsp3) is 0.455. The monoisotopic (exact) mass is 307 g/mol. The second-order valence-corrected chi connectivity index (χ2v) is 4.56. The van der Waals surface area contributed by atoms with Crippen molar-refractivity contribution in [1.82, 2.24) is 5.32 Å². The van der Waals surface area contributed by atoms with Crippen LogP contribution in [0.15, 0.2) is 22.7 Å². The van der Waals surface area contributed by atoms with E-state index in [4.69, 9.17) is 21.1 Å². The number of hydrogen-bond donors (Lipinski definition) is 1. The zero-order valence-corrected chi connectivity index (χ0v) is 11.6. The van der Waals surface area contributed by atoms with Crippen LogP contribution in [0.3, 0.4) is 0 Å². The van der Waals surface area contributed by atoms with Crippen LogP contribution < -0.4 is 5.32 Å². The van der Waals surface area contributed by atoms with Crippen molar-refractivity contribution in [3.05, 3.63) is 33.3 Å². The van der Waals surface area contributed by atoms with Crippen LogP contribution in [0.5, 0.6) is 0 Å². The first-order valence-electron chi connectivity index (χ1n) is 4.87. The van der Waals surface area contributed by atoms with Gasteiger partial charge in [-0.15, -0.1) is 0 Å². The minimum Gasteiger partial charge on any atom is -0.355 e. The fourth-order valence-electron chi connectivity index (χ4n) is 1.25. The van der Waals surface area contributed by atoms with Crippen LogP contribution >= 0.6 is 27.5 Å². The number of ether oxygens (including phenoxy) is 2. The van der Waals surface area contributed by atoms with Crippen LogP contribution in [0.25, 0.3) is 0 Å². The summed E-state index contributed by atoms with van der Waals surface area (Å²) in [7, 11) is 3.24. The number of rotatable bonds is 6. The Balaban J connectivity index is 2.42. The van der Waals surface area contributed by atoms with Crippen molar-refractivity contribution < 1.29 is 9.47 Å². The van der Waals surface area contributed by atoms with Crippen LogP contribution in [-0.4, -0.2) is 27.1 Å². The van der Waals surface area contributed by atoms with E-state index >= 15 is 0 Å². The van der Waals surface area contributed by atoms with Gasteiger partial charge in [0.1, 0.15) is 0 Å². The number of hydrogen-bond acceptors (Lipinski definition) is 3. The van der Waals surface area contributed by atoms with Crippen molar-refractivity contribution in [2.75, 3.05) is 20.8 Å². The molecule has 0 heterocycles. The standard InChI is InChI=1S/C11H15BrClNO2/c1-15-11(16-2)7-14-6-8-3-4-9(13)5-10(8)12/h3-5,11,14H,6-7H2,1-2H3. The molecule has 0 aromatic heterocycles. The third-order valence-corrected chi connectivity index (χ3v) is 3.14. The summed E-state index contributed by atoms with van der Waals surface area (Å²) in [6, 6.07) is 5.73. The molecule has 3 nitrogen and oxygen atoms in total. The van der Waals surface area contributed by atoms with Crippen molar-refractivity contribution in [2.45, 2.75) is 12.8 Å². The molecule has 0 fully saturated rings. The Hall–Kier alpha value is -0.130. The van der Waals surface area contributed by atoms with Gasteiger partial charge in [0.2, 0.25) is 0 Å². The summed E-state index contributed by atoms with van der Waals surface area (Å²) in [4.78, 5) is 0. The fourth-order valence-corrected chi connectivity index (χ4v) is 2.08. The number of benzene rings is 1. The Kier molecular flexibility index (Phi) is 6.31. The highest BCUT2D eigenvalue weighted by Gasteiger charge is 2.05. The first-order chi connectivity index (χ1) is 7.67. The maximum absolute atomic E-state index is 5.86. The van der Waals surface area contributed by atoms with Crippen LogP contribution in [-0.2, 0) is 16.0 Å². The summed E-state index contributed by atoms with van der Waals surface area (Å²) in [5.41, 5.74) is 1.15. The molecule has 0 aliphatic heterocycles. The van der Waals surface area contributed by atoms with E-state index in [0.717, 1.165) is 21.6 Å². The van der Waals surface area contributed by atoms with E-state index in [1.165, 1.54) is 0 Å². The van der Waals surface area contributed by atoms with Crippen molar-refractivity contribution in [1.29, 1.82) is 0 Å². The van der Waals surface area contributed by atoms with E-state index in [2.05, 4.69) is 21.2 Å². The zero-order chi connectivity index (χ0) is 12.0.